The van der Waals surface area contributed by atoms with Gasteiger partial charge in [-0.3, -0.25) is 4.79 Å². The summed E-state index contributed by atoms with van der Waals surface area (Å²) in [6.07, 6.45) is 0.471. The highest BCUT2D eigenvalue weighted by molar-refractivity contribution is 5.95. The molecule has 3 amide bonds. The normalized spacial score (nSPS) is 14.8. The molecule has 1 unspecified atom stereocenters. The van der Waals surface area contributed by atoms with Crippen LogP contribution >= 0.6 is 0 Å². The van der Waals surface area contributed by atoms with E-state index in [0.29, 0.717) is 31.6 Å². The van der Waals surface area contributed by atoms with Crippen molar-refractivity contribution < 1.29 is 14.0 Å². The summed E-state index contributed by atoms with van der Waals surface area (Å²) in [7, 11) is 0. The molecule has 1 fully saturated rings. The van der Waals surface area contributed by atoms with Crippen molar-refractivity contribution >= 4 is 11.9 Å². The molecule has 136 valence electrons. The van der Waals surface area contributed by atoms with Crippen molar-refractivity contribution in [3.05, 3.63) is 71.0 Å². The van der Waals surface area contributed by atoms with E-state index in [1.807, 2.05) is 31.2 Å². The molecule has 0 aliphatic carbocycles. The van der Waals surface area contributed by atoms with Crippen LogP contribution < -0.4 is 10.6 Å². The van der Waals surface area contributed by atoms with E-state index in [1.54, 1.807) is 17.0 Å². The van der Waals surface area contributed by atoms with E-state index in [-0.39, 0.29) is 23.8 Å². The standard InChI is InChI=1S/C20H22FN3O2/c1-14-5-2-3-8-18(14)19(25)23-13-17(24-10-9-22-20(24)26)12-15-6-4-7-16(21)11-15/h2-8,11,17H,9-10,12-13H2,1H3,(H,22,26)(H,23,25). The van der Waals surface area contributed by atoms with Gasteiger partial charge in [0.2, 0.25) is 0 Å². The number of urea groups is 1. The number of hydrogen-bond acceptors (Lipinski definition) is 2. The summed E-state index contributed by atoms with van der Waals surface area (Å²) in [6, 6.07) is 13.3. The van der Waals surface area contributed by atoms with Crippen LogP contribution in [0.3, 0.4) is 0 Å². The maximum Gasteiger partial charge on any atom is 0.317 e. The second kappa shape index (κ2) is 7.99. The molecule has 0 saturated carbocycles. The second-order valence-corrected chi connectivity index (χ2v) is 6.44. The van der Waals surface area contributed by atoms with Crippen LogP contribution in [0, 0.1) is 12.7 Å². The molecule has 3 rings (SSSR count). The van der Waals surface area contributed by atoms with Gasteiger partial charge in [0, 0.05) is 25.2 Å². The molecule has 5 nitrogen and oxygen atoms in total. The van der Waals surface area contributed by atoms with E-state index in [2.05, 4.69) is 10.6 Å². The first-order chi connectivity index (χ1) is 12.5. The van der Waals surface area contributed by atoms with Crippen molar-refractivity contribution in [1.29, 1.82) is 0 Å². The Labute approximate surface area is 152 Å². The van der Waals surface area contributed by atoms with Gasteiger partial charge < -0.3 is 15.5 Å². The molecule has 1 aliphatic rings. The minimum Gasteiger partial charge on any atom is -0.350 e. The number of nitrogens with zero attached hydrogens (tertiary/aromatic N) is 1. The van der Waals surface area contributed by atoms with Gasteiger partial charge in [0.05, 0.1) is 6.04 Å². The Kier molecular flexibility index (Phi) is 5.51. The highest BCUT2D eigenvalue weighted by atomic mass is 19.1. The molecular formula is C20H22FN3O2. The third-order valence-electron chi connectivity index (χ3n) is 4.58. The van der Waals surface area contributed by atoms with Crippen LogP contribution in [0.2, 0.25) is 0 Å². The number of amides is 3. The number of benzene rings is 2. The Morgan fingerprint density at radius 3 is 2.77 bits per heavy atom. The van der Waals surface area contributed by atoms with Gasteiger partial charge in [-0.05, 0) is 42.7 Å². The van der Waals surface area contributed by atoms with Crippen molar-refractivity contribution in [2.75, 3.05) is 19.6 Å². The Bertz CT molecular complexity index is 809. The minimum atomic E-state index is -0.309. The Morgan fingerprint density at radius 1 is 1.27 bits per heavy atom. The molecule has 0 bridgehead atoms. The first-order valence-electron chi connectivity index (χ1n) is 8.67. The third-order valence-corrected chi connectivity index (χ3v) is 4.58. The zero-order valence-corrected chi connectivity index (χ0v) is 14.7. The molecule has 6 heteroatoms. The molecule has 1 heterocycles. The van der Waals surface area contributed by atoms with Crippen molar-refractivity contribution in [3.63, 3.8) is 0 Å². The summed E-state index contributed by atoms with van der Waals surface area (Å²) in [5.74, 6) is -0.483. The predicted octanol–water partition coefficient (Wildman–Crippen LogP) is 2.50. The Balaban J connectivity index is 1.72. The van der Waals surface area contributed by atoms with Crippen LogP contribution in [0.4, 0.5) is 9.18 Å². The van der Waals surface area contributed by atoms with Crippen LogP contribution in [0.15, 0.2) is 48.5 Å². The summed E-state index contributed by atoms with van der Waals surface area (Å²) in [6.45, 7) is 3.33. The predicted molar refractivity (Wildman–Crippen MR) is 97.5 cm³/mol. The van der Waals surface area contributed by atoms with Crippen molar-refractivity contribution in [1.82, 2.24) is 15.5 Å². The first kappa shape index (κ1) is 17.9. The lowest BCUT2D eigenvalue weighted by Gasteiger charge is -2.27. The molecule has 2 aromatic rings. The van der Waals surface area contributed by atoms with Gasteiger partial charge in [0.15, 0.2) is 0 Å². The number of nitrogens with one attached hydrogen (secondary N) is 2. The fraction of sp³-hybridized carbons (Fsp3) is 0.300. The number of carbonyl (C=O) groups is 2. The topological polar surface area (TPSA) is 61.4 Å². The molecule has 0 aromatic heterocycles. The summed E-state index contributed by atoms with van der Waals surface area (Å²) >= 11 is 0. The number of carbonyl (C=O) groups excluding carboxylic acids is 2. The van der Waals surface area contributed by atoms with Gasteiger partial charge in [-0.2, -0.15) is 0 Å². The van der Waals surface area contributed by atoms with E-state index in [0.717, 1.165) is 11.1 Å². The monoisotopic (exact) mass is 355 g/mol. The van der Waals surface area contributed by atoms with Crippen molar-refractivity contribution in [2.45, 2.75) is 19.4 Å². The number of aryl methyl sites for hydroxylation is 1. The molecular weight excluding hydrogens is 333 g/mol. The maximum absolute atomic E-state index is 13.5. The van der Waals surface area contributed by atoms with Gasteiger partial charge in [0.25, 0.3) is 5.91 Å². The van der Waals surface area contributed by atoms with E-state index in [9.17, 15) is 14.0 Å². The van der Waals surface area contributed by atoms with Crippen LogP contribution in [-0.2, 0) is 6.42 Å². The fourth-order valence-electron chi connectivity index (χ4n) is 3.20. The zero-order valence-electron chi connectivity index (χ0n) is 14.7. The molecule has 2 aromatic carbocycles. The van der Waals surface area contributed by atoms with E-state index in [1.165, 1.54) is 12.1 Å². The lowest BCUT2D eigenvalue weighted by atomic mass is 10.0. The van der Waals surface area contributed by atoms with Gasteiger partial charge in [0.1, 0.15) is 5.82 Å². The molecule has 1 aliphatic heterocycles. The summed E-state index contributed by atoms with van der Waals surface area (Å²) < 4.78 is 13.5. The first-order valence-corrected chi connectivity index (χ1v) is 8.67. The molecule has 1 atom stereocenters. The van der Waals surface area contributed by atoms with Gasteiger partial charge in [-0.15, -0.1) is 0 Å². The quantitative estimate of drug-likeness (QED) is 0.836. The largest absolute Gasteiger partial charge is 0.350 e. The Morgan fingerprint density at radius 2 is 2.08 bits per heavy atom. The Hall–Kier alpha value is -2.89. The minimum absolute atomic E-state index is 0.156. The van der Waals surface area contributed by atoms with Gasteiger partial charge in [-0.25, -0.2) is 9.18 Å². The average molecular weight is 355 g/mol. The lowest BCUT2D eigenvalue weighted by molar-refractivity contribution is 0.0939. The van der Waals surface area contributed by atoms with Crippen molar-refractivity contribution in [3.8, 4) is 0 Å². The second-order valence-electron chi connectivity index (χ2n) is 6.44. The third kappa shape index (κ3) is 4.20. The molecule has 1 saturated heterocycles. The van der Waals surface area contributed by atoms with Crippen LogP contribution in [0.1, 0.15) is 21.5 Å². The zero-order chi connectivity index (χ0) is 18.5. The lowest BCUT2D eigenvalue weighted by Crippen LogP contribution is -2.46. The molecule has 0 spiro atoms. The summed E-state index contributed by atoms with van der Waals surface area (Å²) in [4.78, 5) is 26.2. The van der Waals surface area contributed by atoms with Crippen LogP contribution in [-0.4, -0.2) is 42.5 Å². The number of halogens is 1. The van der Waals surface area contributed by atoms with E-state index in [4.69, 9.17) is 0 Å². The van der Waals surface area contributed by atoms with Crippen molar-refractivity contribution in [2.24, 2.45) is 0 Å². The number of hydrogen-bond donors (Lipinski definition) is 2. The molecule has 0 radical (unpaired) electrons. The van der Waals surface area contributed by atoms with Crippen LogP contribution in [0.25, 0.3) is 0 Å². The highest BCUT2D eigenvalue weighted by Gasteiger charge is 2.28. The average Bonchev–Trinajstić information content (AvgIpc) is 3.04. The SMILES string of the molecule is Cc1ccccc1C(=O)NCC(Cc1cccc(F)c1)N1CCNC1=O. The van der Waals surface area contributed by atoms with E-state index >= 15 is 0 Å². The fourth-order valence-corrected chi connectivity index (χ4v) is 3.20. The van der Waals surface area contributed by atoms with E-state index < -0.39 is 0 Å². The summed E-state index contributed by atoms with van der Waals surface area (Å²) in [5, 5.41) is 5.69. The van der Waals surface area contributed by atoms with Gasteiger partial charge >= 0.3 is 6.03 Å². The number of rotatable bonds is 6. The molecule has 2 N–H and O–H groups in total. The smallest absolute Gasteiger partial charge is 0.317 e. The van der Waals surface area contributed by atoms with Gasteiger partial charge in [-0.1, -0.05) is 30.3 Å². The summed E-state index contributed by atoms with van der Waals surface area (Å²) in [5.41, 5.74) is 2.30. The van der Waals surface area contributed by atoms with Crippen LogP contribution in [0.5, 0.6) is 0 Å². The molecule has 26 heavy (non-hydrogen) atoms. The maximum atomic E-state index is 13.5. The highest BCUT2D eigenvalue weighted by Crippen LogP contribution is 2.13.